The van der Waals surface area contributed by atoms with Gasteiger partial charge < -0.3 is 9.47 Å². The highest BCUT2D eigenvalue weighted by Gasteiger charge is 2.41. The van der Waals surface area contributed by atoms with Crippen LogP contribution in [0.5, 0.6) is 5.75 Å². The molecule has 1 aliphatic heterocycles. The van der Waals surface area contributed by atoms with Gasteiger partial charge in [0.2, 0.25) is 0 Å². The molecule has 0 amide bonds. The number of esters is 1. The summed E-state index contributed by atoms with van der Waals surface area (Å²) in [7, 11) is 1.63. The summed E-state index contributed by atoms with van der Waals surface area (Å²) < 4.78 is 10.5. The van der Waals surface area contributed by atoms with E-state index in [1.165, 1.54) is 0 Å². The molecule has 1 heterocycles. The number of para-hydroxylation sites is 1. The Balaban J connectivity index is 2.29. The fraction of sp³-hybridized carbons (Fsp3) is 0.500. The maximum absolute atomic E-state index is 12.1. The predicted molar refractivity (Wildman–Crippen MR) is 71.6 cm³/mol. The highest BCUT2D eigenvalue weighted by atomic mass is 16.5. The first-order chi connectivity index (χ1) is 9.19. The van der Waals surface area contributed by atoms with Gasteiger partial charge in [-0.3, -0.25) is 10.2 Å². The van der Waals surface area contributed by atoms with Crippen molar-refractivity contribution in [3.63, 3.8) is 0 Å². The van der Waals surface area contributed by atoms with E-state index in [4.69, 9.17) is 9.47 Å². The molecule has 1 aliphatic rings. The van der Waals surface area contributed by atoms with Crippen LogP contribution in [0.1, 0.15) is 25.5 Å². The number of methoxy groups -OCH3 is 1. The molecule has 0 bridgehead atoms. The second-order valence-corrected chi connectivity index (χ2v) is 4.57. The molecular formula is C14H20N2O3. The van der Waals surface area contributed by atoms with Crippen molar-refractivity contribution in [2.75, 3.05) is 13.7 Å². The minimum Gasteiger partial charge on any atom is -0.496 e. The first kappa shape index (κ1) is 13.8. The zero-order valence-electron chi connectivity index (χ0n) is 11.5. The Morgan fingerprint density at radius 1 is 1.32 bits per heavy atom. The van der Waals surface area contributed by atoms with Gasteiger partial charge in [0, 0.05) is 11.6 Å². The van der Waals surface area contributed by atoms with Crippen molar-refractivity contribution in [1.82, 2.24) is 10.9 Å². The average molecular weight is 264 g/mol. The molecule has 1 aromatic carbocycles. The van der Waals surface area contributed by atoms with Gasteiger partial charge >= 0.3 is 5.97 Å². The van der Waals surface area contributed by atoms with E-state index in [-0.39, 0.29) is 24.0 Å². The van der Waals surface area contributed by atoms with Crippen LogP contribution < -0.4 is 15.6 Å². The fourth-order valence-corrected chi connectivity index (χ4v) is 2.46. The van der Waals surface area contributed by atoms with Crippen molar-refractivity contribution in [3.8, 4) is 5.75 Å². The molecule has 1 aromatic rings. The van der Waals surface area contributed by atoms with E-state index in [0.29, 0.717) is 6.61 Å². The minimum absolute atomic E-state index is 0.00830. The van der Waals surface area contributed by atoms with E-state index in [9.17, 15) is 4.79 Å². The third-order valence-electron chi connectivity index (χ3n) is 3.40. The molecule has 1 fully saturated rings. The van der Waals surface area contributed by atoms with Crippen molar-refractivity contribution in [1.29, 1.82) is 0 Å². The third kappa shape index (κ3) is 2.72. The van der Waals surface area contributed by atoms with Gasteiger partial charge in [0.25, 0.3) is 0 Å². The molecule has 0 aromatic heterocycles. The minimum atomic E-state index is -0.267. The Labute approximate surface area is 113 Å². The lowest BCUT2D eigenvalue weighted by atomic mass is 9.90. The molecule has 2 rings (SSSR count). The van der Waals surface area contributed by atoms with Crippen LogP contribution in [-0.2, 0) is 9.53 Å². The van der Waals surface area contributed by atoms with E-state index in [1.807, 2.05) is 38.1 Å². The Kier molecular flexibility index (Phi) is 4.39. The van der Waals surface area contributed by atoms with E-state index in [2.05, 4.69) is 10.9 Å². The van der Waals surface area contributed by atoms with Crippen LogP contribution in [0, 0.1) is 5.92 Å². The number of hydrazine groups is 1. The number of rotatable bonds is 4. The van der Waals surface area contributed by atoms with Crippen LogP contribution in [0.25, 0.3) is 0 Å². The molecule has 1 saturated heterocycles. The number of ether oxygens (including phenoxy) is 2. The molecule has 0 radical (unpaired) electrons. The zero-order chi connectivity index (χ0) is 13.8. The van der Waals surface area contributed by atoms with Crippen LogP contribution in [0.3, 0.4) is 0 Å². The van der Waals surface area contributed by atoms with Gasteiger partial charge in [-0.15, -0.1) is 0 Å². The summed E-state index contributed by atoms with van der Waals surface area (Å²) in [4.78, 5) is 12.1. The summed E-state index contributed by atoms with van der Waals surface area (Å²) in [6.45, 7) is 4.17. The molecular weight excluding hydrogens is 244 g/mol. The lowest BCUT2D eigenvalue weighted by Crippen LogP contribution is -2.31. The van der Waals surface area contributed by atoms with Crippen LogP contribution in [0.4, 0.5) is 0 Å². The highest BCUT2D eigenvalue weighted by molar-refractivity contribution is 5.75. The summed E-state index contributed by atoms with van der Waals surface area (Å²) >= 11 is 0. The van der Waals surface area contributed by atoms with Gasteiger partial charge in [-0.2, -0.15) is 0 Å². The first-order valence-corrected chi connectivity index (χ1v) is 6.49. The molecule has 3 unspecified atom stereocenters. The van der Waals surface area contributed by atoms with Crippen LogP contribution in [0.2, 0.25) is 0 Å². The molecule has 5 nitrogen and oxygen atoms in total. The largest absolute Gasteiger partial charge is 0.496 e. The third-order valence-corrected chi connectivity index (χ3v) is 3.40. The Bertz CT molecular complexity index is 450. The molecule has 2 N–H and O–H groups in total. The van der Waals surface area contributed by atoms with Crippen LogP contribution in [-0.4, -0.2) is 25.7 Å². The number of nitrogens with one attached hydrogen (secondary N) is 2. The van der Waals surface area contributed by atoms with Gasteiger partial charge in [-0.1, -0.05) is 18.2 Å². The van der Waals surface area contributed by atoms with E-state index in [0.717, 1.165) is 11.3 Å². The van der Waals surface area contributed by atoms with E-state index >= 15 is 0 Å². The standard InChI is InChI=1S/C14H20N2O3/c1-4-19-14(17)12-9(2)15-16-13(12)10-7-5-6-8-11(10)18-3/h5-9,12-13,15-16H,4H2,1-3H3. The van der Waals surface area contributed by atoms with Crippen molar-refractivity contribution < 1.29 is 14.3 Å². The summed E-state index contributed by atoms with van der Waals surface area (Å²) in [5.41, 5.74) is 7.22. The number of hydrogen-bond acceptors (Lipinski definition) is 5. The second-order valence-electron chi connectivity index (χ2n) is 4.57. The van der Waals surface area contributed by atoms with Crippen molar-refractivity contribution in [2.24, 2.45) is 5.92 Å². The topological polar surface area (TPSA) is 59.6 Å². The number of carbonyl (C=O) groups excluding carboxylic acids is 1. The monoisotopic (exact) mass is 264 g/mol. The summed E-state index contributed by atoms with van der Waals surface area (Å²) in [5.74, 6) is 0.310. The lowest BCUT2D eigenvalue weighted by molar-refractivity contribution is -0.148. The van der Waals surface area contributed by atoms with Crippen molar-refractivity contribution in [2.45, 2.75) is 25.9 Å². The Morgan fingerprint density at radius 2 is 2.05 bits per heavy atom. The Hall–Kier alpha value is -1.59. The Morgan fingerprint density at radius 3 is 2.74 bits per heavy atom. The molecule has 5 heteroatoms. The normalized spacial score (nSPS) is 26.2. The number of benzene rings is 1. The molecule has 0 spiro atoms. The second kappa shape index (κ2) is 6.04. The van der Waals surface area contributed by atoms with Crippen LogP contribution >= 0.6 is 0 Å². The van der Waals surface area contributed by atoms with E-state index < -0.39 is 0 Å². The van der Waals surface area contributed by atoms with Gasteiger partial charge in [0.05, 0.1) is 25.7 Å². The van der Waals surface area contributed by atoms with Gasteiger partial charge in [-0.05, 0) is 19.9 Å². The highest BCUT2D eigenvalue weighted by Crippen LogP contribution is 2.34. The smallest absolute Gasteiger partial charge is 0.312 e. The van der Waals surface area contributed by atoms with Gasteiger partial charge in [0.15, 0.2) is 0 Å². The molecule has 19 heavy (non-hydrogen) atoms. The first-order valence-electron chi connectivity index (χ1n) is 6.49. The van der Waals surface area contributed by atoms with Gasteiger partial charge in [0.1, 0.15) is 5.75 Å². The molecule has 3 atom stereocenters. The maximum Gasteiger partial charge on any atom is 0.312 e. The summed E-state index contributed by atoms with van der Waals surface area (Å²) in [6.07, 6.45) is 0. The molecule has 104 valence electrons. The fourth-order valence-electron chi connectivity index (χ4n) is 2.46. The van der Waals surface area contributed by atoms with Crippen molar-refractivity contribution in [3.05, 3.63) is 29.8 Å². The summed E-state index contributed by atoms with van der Waals surface area (Å²) in [6, 6.07) is 7.56. The van der Waals surface area contributed by atoms with Gasteiger partial charge in [-0.25, -0.2) is 5.43 Å². The SMILES string of the molecule is CCOC(=O)C1C(C)NNC1c1ccccc1OC. The van der Waals surface area contributed by atoms with Crippen molar-refractivity contribution >= 4 is 5.97 Å². The predicted octanol–water partition coefficient (Wildman–Crippen LogP) is 1.41. The maximum atomic E-state index is 12.1. The quantitative estimate of drug-likeness (QED) is 0.805. The summed E-state index contributed by atoms with van der Waals surface area (Å²) in [5, 5.41) is 0. The zero-order valence-corrected chi connectivity index (χ0v) is 11.5. The lowest BCUT2D eigenvalue weighted by Gasteiger charge is -2.21. The number of carbonyl (C=O) groups is 1. The molecule has 0 saturated carbocycles. The molecule has 0 aliphatic carbocycles. The van der Waals surface area contributed by atoms with E-state index in [1.54, 1.807) is 7.11 Å². The van der Waals surface area contributed by atoms with Crippen LogP contribution in [0.15, 0.2) is 24.3 Å². The average Bonchev–Trinajstić information content (AvgIpc) is 2.80. The number of hydrogen-bond donors (Lipinski definition) is 2.